The number of rotatable bonds is 12. The third kappa shape index (κ3) is 7.80. The Bertz CT molecular complexity index is 3560. The summed E-state index contributed by atoms with van der Waals surface area (Å²) < 4.78 is 4.78. The minimum atomic E-state index is 0.990. The van der Waals surface area contributed by atoms with E-state index in [0.29, 0.717) is 0 Å². The maximum absolute atomic E-state index is 2.39. The van der Waals surface area contributed by atoms with Gasteiger partial charge in [-0.25, -0.2) is 0 Å². The summed E-state index contributed by atoms with van der Waals surface area (Å²) in [7, 11) is 0. The van der Waals surface area contributed by atoms with Gasteiger partial charge in [0.2, 0.25) is 0 Å². The Balaban J connectivity index is 0.860. The molecule has 0 N–H and O–H groups in total. The molecule has 0 saturated carbocycles. The van der Waals surface area contributed by atoms with Gasteiger partial charge in [-0.15, -0.1) is 0 Å². The van der Waals surface area contributed by atoms with Gasteiger partial charge in [-0.05, 0) is 169 Å². The van der Waals surface area contributed by atoms with Crippen LogP contribution in [0.3, 0.4) is 0 Å². The molecule has 0 unspecified atom stereocenters. The van der Waals surface area contributed by atoms with E-state index < -0.39 is 0 Å². The van der Waals surface area contributed by atoms with Crippen molar-refractivity contribution in [3.05, 3.63) is 265 Å². The lowest BCUT2D eigenvalue weighted by molar-refractivity contribution is 1.14. The van der Waals surface area contributed by atoms with Crippen molar-refractivity contribution < 1.29 is 0 Å². The minimum Gasteiger partial charge on any atom is -0.310 e. The van der Waals surface area contributed by atoms with Crippen molar-refractivity contribution in [3.63, 3.8) is 0 Å². The maximum atomic E-state index is 2.39. The van der Waals surface area contributed by atoms with E-state index in [2.05, 4.69) is 288 Å². The molecule has 0 aliphatic rings. The first kappa shape index (κ1) is 42.5. The van der Waals surface area contributed by atoms with Crippen LogP contribution in [0.25, 0.3) is 67.1 Å². The fraction of sp³-hybridized carbons (Fsp3) is 0.0606. The molecule has 10 aromatic carbocycles. The van der Waals surface area contributed by atoms with Crippen LogP contribution in [-0.4, -0.2) is 9.13 Å². The number of hydrogen-bond acceptors (Lipinski definition) is 2. The van der Waals surface area contributed by atoms with Crippen molar-refractivity contribution in [2.75, 3.05) is 9.80 Å². The molecular formula is C66H52N4. The van der Waals surface area contributed by atoms with Gasteiger partial charge in [0.15, 0.2) is 0 Å². The number of aryl methyl sites for hydroxylation is 2. The molecule has 4 nitrogen and oxygen atoms in total. The Morgan fingerprint density at radius 2 is 0.600 bits per heavy atom. The largest absolute Gasteiger partial charge is 0.310 e. The van der Waals surface area contributed by atoms with Crippen LogP contribution >= 0.6 is 0 Å². The summed E-state index contributed by atoms with van der Waals surface area (Å²) in [5.41, 5.74) is 18.7. The lowest BCUT2D eigenvalue weighted by atomic mass is 10.1. The lowest BCUT2D eigenvalue weighted by Crippen LogP contribution is -2.09. The molecule has 0 aliphatic carbocycles. The Morgan fingerprint density at radius 1 is 0.300 bits per heavy atom. The van der Waals surface area contributed by atoms with Crippen LogP contribution in [0.1, 0.15) is 36.1 Å². The molecule has 0 amide bonds. The molecule has 0 bridgehead atoms. The van der Waals surface area contributed by atoms with Crippen molar-refractivity contribution in [2.24, 2.45) is 0 Å². The number of benzene rings is 10. The van der Waals surface area contributed by atoms with Crippen LogP contribution < -0.4 is 9.80 Å². The first-order chi connectivity index (χ1) is 34.6. The van der Waals surface area contributed by atoms with Gasteiger partial charge in [-0.3, -0.25) is 0 Å². The number of aromatic nitrogens is 2. The zero-order valence-corrected chi connectivity index (χ0v) is 39.5. The van der Waals surface area contributed by atoms with E-state index in [1.807, 2.05) is 0 Å². The molecule has 2 heterocycles. The van der Waals surface area contributed by atoms with Gasteiger partial charge in [0, 0.05) is 67.0 Å². The van der Waals surface area contributed by atoms with Crippen molar-refractivity contribution >= 4 is 89.9 Å². The predicted octanol–water partition coefficient (Wildman–Crippen LogP) is 18.1. The smallest absolute Gasteiger partial charge is 0.0542 e. The van der Waals surface area contributed by atoms with Gasteiger partial charge in [0.25, 0.3) is 0 Å². The summed E-state index contributed by atoms with van der Waals surface area (Å²) >= 11 is 0. The van der Waals surface area contributed by atoms with Crippen LogP contribution in [0.2, 0.25) is 0 Å². The second-order valence-corrected chi connectivity index (χ2v) is 18.0. The van der Waals surface area contributed by atoms with Crippen molar-refractivity contribution in [1.82, 2.24) is 9.13 Å². The molecule has 0 atom stereocenters. The van der Waals surface area contributed by atoms with Crippen molar-refractivity contribution in [1.29, 1.82) is 0 Å². The van der Waals surface area contributed by atoms with Crippen LogP contribution in [0, 0.1) is 0 Å². The predicted molar refractivity (Wildman–Crippen MR) is 299 cm³/mol. The van der Waals surface area contributed by atoms with Crippen LogP contribution in [0.15, 0.2) is 243 Å². The van der Waals surface area contributed by atoms with Crippen molar-refractivity contribution in [3.8, 4) is 11.4 Å². The maximum Gasteiger partial charge on any atom is 0.0542 e. The number of anilines is 6. The van der Waals surface area contributed by atoms with Crippen molar-refractivity contribution in [2.45, 2.75) is 26.7 Å². The van der Waals surface area contributed by atoms with Gasteiger partial charge in [0.1, 0.15) is 0 Å². The van der Waals surface area contributed by atoms with Crippen LogP contribution in [0.5, 0.6) is 0 Å². The molecule has 0 radical (unpaired) electrons. The van der Waals surface area contributed by atoms with E-state index in [1.54, 1.807) is 0 Å². The van der Waals surface area contributed by atoms with E-state index in [1.165, 1.54) is 54.7 Å². The molecule has 0 spiro atoms. The number of hydrogen-bond donors (Lipinski definition) is 0. The summed E-state index contributed by atoms with van der Waals surface area (Å²) in [5.74, 6) is 0. The molecule has 336 valence electrons. The van der Waals surface area contributed by atoms with Gasteiger partial charge < -0.3 is 18.9 Å². The highest BCUT2D eigenvalue weighted by molar-refractivity contribution is 6.12. The Morgan fingerprint density at radius 3 is 0.957 bits per heavy atom. The molecule has 12 aromatic rings. The summed E-state index contributed by atoms with van der Waals surface area (Å²) in [6, 6.07) is 88.2. The molecule has 12 rings (SSSR count). The second kappa shape index (κ2) is 18.3. The van der Waals surface area contributed by atoms with Crippen LogP contribution in [0.4, 0.5) is 34.1 Å². The fourth-order valence-corrected chi connectivity index (χ4v) is 10.3. The van der Waals surface area contributed by atoms with E-state index in [9.17, 15) is 0 Å². The third-order valence-electron chi connectivity index (χ3n) is 13.8. The topological polar surface area (TPSA) is 16.3 Å². The highest BCUT2D eigenvalue weighted by atomic mass is 15.1. The summed E-state index contributed by atoms with van der Waals surface area (Å²) in [5, 5.41) is 5.02. The minimum absolute atomic E-state index is 0.990. The quantitative estimate of drug-likeness (QED) is 0.114. The Kier molecular flexibility index (Phi) is 11.1. The summed E-state index contributed by atoms with van der Waals surface area (Å²) in [6.07, 6.45) is 6.39. The summed E-state index contributed by atoms with van der Waals surface area (Å²) in [6.45, 7) is 4.45. The molecule has 0 saturated heterocycles. The number of nitrogens with zero attached hydrogens (tertiary/aromatic N) is 4. The average Bonchev–Trinajstić information content (AvgIpc) is 3.93. The monoisotopic (exact) mass is 900 g/mol. The highest BCUT2D eigenvalue weighted by Gasteiger charge is 2.20. The Hall–Kier alpha value is -8.86. The third-order valence-corrected chi connectivity index (χ3v) is 13.8. The number of fused-ring (bicyclic) bond motifs is 6. The molecular weight excluding hydrogens is 849 g/mol. The standard InChI is InChI=1S/C66H52N4/c1-3-47-31-39-63-59(43-47)61-45-57(37-41-65(61)69(63)53-21-13-7-14-22-53)67(51-17-9-5-10-18-51)55-33-27-49(28-34-55)25-26-50-29-35-56(36-30-50)68(52-19-11-6-12-20-52)58-38-42-66-62(46-58)60-44-48(4-2)32-40-64(60)70(66)54-23-15-8-16-24-54/h5-46H,3-4H2,1-2H3/b26-25+. The lowest BCUT2D eigenvalue weighted by Gasteiger charge is -2.26. The fourth-order valence-electron chi connectivity index (χ4n) is 10.3. The molecule has 70 heavy (non-hydrogen) atoms. The zero-order chi connectivity index (χ0) is 47.0. The second-order valence-electron chi connectivity index (χ2n) is 18.0. The van der Waals surface area contributed by atoms with E-state index in [0.717, 1.165) is 69.5 Å². The molecule has 2 aromatic heterocycles. The Labute approximate surface area is 409 Å². The zero-order valence-electron chi connectivity index (χ0n) is 39.5. The number of para-hydroxylation sites is 4. The van der Waals surface area contributed by atoms with Gasteiger partial charge >= 0.3 is 0 Å². The van der Waals surface area contributed by atoms with E-state index in [4.69, 9.17) is 0 Å². The van der Waals surface area contributed by atoms with E-state index >= 15 is 0 Å². The summed E-state index contributed by atoms with van der Waals surface area (Å²) in [4.78, 5) is 4.72. The van der Waals surface area contributed by atoms with Crippen LogP contribution in [-0.2, 0) is 12.8 Å². The molecule has 0 aliphatic heterocycles. The van der Waals surface area contributed by atoms with Gasteiger partial charge in [-0.2, -0.15) is 0 Å². The van der Waals surface area contributed by atoms with Gasteiger partial charge in [-0.1, -0.05) is 135 Å². The van der Waals surface area contributed by atoms with E-state index in [-0.39, 0.29) is 0 Å². The molecule has 0 fully saturated rings. The highest BCUT2D eigenvalue weighted by Crippen LogP contribution is 2.42. The normalized spacial score (nSPS) is 11.6. The SMILES string of the molecule is CCc1ccc2c(c1)c1cc(N(c3ccccc3)c3ccc(/C=C/c4ccc(N(c5ccccc5)c5ccc6c(c5)c5cc(CC)ccc5n6-c5ccccc5)cc4)cc3)ccc1n2-c1ccccc1. The first-order valence-electron chi connectivity index (χ1n) is 24.5. The average molecular weight is 901 g/mol. The first-order valence-corrected chi connectivity index (χ1v) is 24.5. The van der Waals surface area contributed by atoms with Gasteiger partial charge in [0.05, 0.1) is 22.1 Å². The molecule has 4 heteroatoms.